The fraction of sp³-hybridized carbons (Fsp3) is 0.925. The van der Waals surface area contributed by atoms with Gasteiger partial charge in [0.1, 0.15) is 0 Å². The molecule has 3 N–H and O–H groups in total. The van der Waals surface area contributed by atoms with Crippen LogP contribution in [0.1, 0.15) is 290 Å². The Morgan fingerprint density at radius 3 is 1.15 bits per heavy atom. The van der Waals surface area contributed by atoms with Crippen LogP contribution in [0.15, 0.2) is 12.2 Å². The van der Waals surface area contributed by atoms with Crippen molar-refractivity contribution in [1.29, 1.82) is 0 Å². The van der Waals surface area contributed by atoms with Crippen LogP contribution in [-0.4, -0.2) is 47.4 Å². The smallest absolute Gasteiger partial charge is 0.305 e. The molecule has 0 spiro atoms. The molecule has 0 rings (SSSR count). The third-order valence-corrected chi connectivity index (χ3v) is 12.3. The summed E-state index contributed by atoms with van der Waals surface area (Å²) in [4.78, 5) is 24.4. The lowest BCUT2D eigenvalue weighted by molar-refractivity contribution is -0.143. The highest BCUT2D eigenvalue weighted by atomic mass is 16.5. The molecule has 0 aliphatic rings. The first-order valence-electron chi connectivity index (χ1n) is 26.5. The quantitative estimate of drug-likeness (QED) is 0.0322. The first-order chi connectivity index (χ1) is 29.0. The Hall–Kier alpha value is -1.40. The fourth-order valence-electron chi connectivity index (χ4n) is 8.22. The van der Waals surface area contributed by atoms with Gasteiger partial charge in [-0.3, -0.25) is 9.59 Å². The third-order valence-electron chi connectivity index (χ3n) is 12.3. The van der Waals surface area contributed by atoms with E-state index in [0.717, 1.165) is 38.5 Å². The molecule has 0 aromatic carbocycles. The molecule has 0 aromatic rings. The highest BCUT2D eigenvalue weighted by Gasteiger charge is 2.18. The van der Waals surface area contributed by atoms with Crippen LogP contribution in [-0.2, 0) is 14.3 Å². The molecule has 6 nitrogen and oxygen atoms in total. The monoisotopic (exact) mass is 834 g/mol. The van der Waals surface area contributed by atoms with Gasteiger partial charge < -0.3 is 20.3 Å². The number of rotatable bonds is 49. The van der Waals surface area contributed by atoms with Gasteiger partial charge in [-0.15, -0.1) is 0 Å². The minimum Gasteiger partial charge on any atom is -0.466 e. The van der Waals surface area contributed by atoms with E-state index in [9.17, 15) is 19.8 Å². The normalized spacial score (nSPS) is 12.7. The summed E-state index contributed by atoms with van der Waals surface area (Å²) in [7, 11) is 0. The lowest BCUT2D eigenvalue weighted by atomic mass is 10.0. The van der Waals surface area contributed by atoms with Gasteiger partial charge in [0.15, 0.2) is 0 Å². The molecule has 6 heteroatoms. The Morgan fingerprint density at radius 2 is 0.780 bits per heavy atom. The maximum Gasteiger partial charge on any atom is 0.305 e. The molecule has 0 fully saturated rings. The Kier molecular flexibility index (Phi) is 48.1. The second-order valence-corrected chi connectivity index (χ2v) is 18.2. The summed E-state index contributed by atoms with van der Waals surface area (Å²) in [5.74, 6) is -0.0653. The lowest BCUT2D eigenvalue weighted by Crippen LogP contribution is -2.45. The molecule has 1 amide bonds. The van der Waals surface area contributed by atoms with Crippen LogP contribution < -0.4 is 5.32 Å². The average Bonchev–Trinajstić information content (AvgIpc) is 3.24. The topological polar surface area (TPSA) is 95.9 Å². The van der Waals surface area contributed by atoms with Gasteiger partial charge in [0.25, 0.3) is 0 Å². The van der Waals surface area contributed by atoms with Gasteiger partial charge in [-0.2, -0.15) is 0 Å². The van der Waals surface area contributed by atoms with Gasteiger partial charge in [-0.25, -0.2) is 0 Å². The molecule has 0 radical (unpaired) electrons. The van der Waals surface area contributed by atoms with Gasteiger partial charge in [-0.05, 0) is 32.1 Å². The van der Waals surface area contributed by atoms with Gasteiger partial charge >= 0.3 is 5.97 Å². The summed E-state index contributed by atoms with van der Waals surface area (Å²) in [6.45, 7) is 4.89. The molecule has 0 aliphatic carbocycles. The van der Waals surface area contributed by atoms with Crippen LogP contribution in [0, 0.1) is 0 Å². The summed E-state index contributed by atoms with van der Waals surface area (Å²) >= 11 is 0. The van der Waals surface area contributed by atoms with E-state index in [1.807, 2.05) is 6.08 Å². The number of carbonyl (C=O) groups is 2. The predicted octanol–water partition coefficient (Wildman–Crippen LogP) is 15.7. The number of hydrogen-bond acceptors (Lipinski definition) is 5. The van der Waals surface area contributed by atoms with Crippen molar-refractivity contribution < 1.29 is 24.5 Å². The minimum atomic E-state index is -0.845. The van der Waals surface area contributed by atoms with Crippen molar-refractivity contribution in [3.05, 3.63) is 12.2 Å². The van der Waals surface area contributed by atoms with Gasteiger partial charge in [0.05, 0.1) is 25.4 Å². The fourth-order valence-corrected chi connectivity index (χ4v) is 8.22. The van der Waals surface area contributed by atoms with Crippen LogP contribution in [0.2, 0.25) is 0 Å². The molecule has 0 saturated heterocycles. The highest BCUT2D eigenvalue weighted by Crippen LogP contribution is 2.17. The molecule has 2 unspecified atom stereocenters. The van der Waals surface area contributed by atoms with E-state index in [1.54, 1.807) is 6.08 Å². The minimum absolute atomic E-state index is 0.00619. The number of nitrogens with one attached hydrogen (secondary N) is 1. The number of carbonyl (C=O) groups excluding carboxylic acids is 2. The third kappa shape index (κ3) is 45.9. The zero-order chi connectivity index (χ0) is 43.0. The van der Waals surface area contributed by atoms with Crippen molar-refractivity contribution in [2.45, 2.75) is 302 Å². The summed E-state index contributed by atoms with van der Waals surface area (Å²) in [5, 5.41) is 23.0. The van der Waals surface area contributed by atoms with E-state index in [4.69, 9.17) is 4.74 Å². The van der Waals surface area contributed by atoms with Crippen molar-refractivity contribution in [3.8, 4) is 0 Å². The van der Waals surface area contributed by atoms with E-state index in [0.29, 0.717) is 19.4 Å². The van der Waals surface area contributed by atoms with Crippen molar-refractivity contribution >= 4 is 11.9 Å². The van der Waals surface area contributed by atoms with Gasteiger partial charge in [0, 0.05) is 12.8 Å². The standard InChI is InChI=1S/C53H103NO5/c1-3-5-7-9-11-13-15-22-26-29-33-37-41-45-51(56)50(49-55)54-52(57)46-42-38-34-30-27-23-20-18-16-17-19-21-24-28-32-36-40-44-48-59-53(58)47-43-39-35-31-25-14-12-10-8-6-4-2/h41,45,50-51,55-56H,3-40,42-44,46-49H2,1-2H3,(H,54,57)/b45-41+. The summed E-state index contributed by atoms with van der Waals surface area (Å²) in [6.07, 6.45) is 56.4. The van der Waals surface area contributed by atoms with Gasteiger partial charge in [-0.1, -0.05) is 257 Å². The Balaban J connectivity index is 3.43. The zero-order valence-corrected chi connectivity index (χ0v) is 39.7. The van der Waals surface area contributed by atoms with E-state index < -0.39 is 12.1 Å². The first kappa shape index (κ1) is 57.6. The molecule has 0 bridgehead atoms. The number of hydrogen-bond donors (Lipinski definition) is 3. The summed E-state index contributed by atoms with van der Waals surface area (Å²) < 4.78 is 5.45. The van der Waals surface area contributed by atoms with Gasteiger partial charge in [0.2, 0.25) is 5.91 Å². The molecular formula is C53H103NO5. The maximum absolute atomic E-state index is 12.4. The highest BCUT2D eigenvalue weighted by molar-refractivity contribution is 5.76. The SMILES string of the molecule is CCCCCCCCCCCCC/C=C/C(O)C(CO)NC(=O)CCCCCCCCCCCCCCCCCCCCOC(=O)CCCCCCCCCCCCC. The molecule has 0 aromatic heterocycles. The number of esters is 1. The number of aliphatic hydroxyl groups excluding tert-OH is 2. The second kappa shape index (κ2) is 49.3. The van der Waals surface area contributed by atoms with Crippen LogP contribution >= 0.6 is 0 Å². The number of aliphatic hydroxyl groups is 2. The summed E-state index contributed by atoms with van der Waals surface area (Å²) in [5.41, 5.74) is 0. The van der Waals surface area contributed by atoms with Crippen molar-refractivity contribution in [3.63, 3.8) is 0 Å². The lowest BCUT2D eigenvalue weighted by Gasteiger charge is -2.20. The summed E-state index contributed by atoms with van der Waals surface area (Å²) in [6, 6.07) is -0.629. The zero-order valence-electron chi connectivity index (χ0n) is 39.7. The van der Waals surface area contributed by atoms with Crippen LogP contribution in [0.25, 0.3) is 0 Å². The van der Waals surface area contributed by atoms with Crippen molar-refractivity contribution in [2.75, 3.05) is 13.2 Å². The number of ether oxygens (including phenoxy) is 1. The van der Waals surface area contributed by atoms with Crippen LogP contribution in [0.5, 0.6) is 0 Å². The molecule has 2 atom stereocenters. The Bertz CT molecular complexity index is 878. The second-order valence-electron chi connectivity index (χ2n) is 18.2. The Labute approximate surface area is 368 Å². The van der Waals surface area contributed by atoms with Crippen LogP contribution in [0.3, 0.4) is 0 Å². The van der Waals surface area contributed by atoms with E-state index in [2.05, 4.69) is 19.2 Å². The molecule has 0 aliphatic heterocycles. The number of allylic oxidation sites excluding steroid dienone is 1. The van der Waals surface area contributed by atoms with E-state index in [1.165, 1.54) is 225 Å². The largest absolute Gasteiger partial charge is 0.466 e. The van der Waals surface area contributed by atoms with Crippen LogP contribution in [0.4, 0.5) is 0 Å². The molecule has 0 saturated carbocycles. The molecule has 0 heterocycles. The molecule has 59 heavy (non-hydrogen) atoms. The predicted molar refractivity (Wildman–Crippen MR) is 255 cm³/mol. The molecular weight excluding hydrogens is 731 g/mol. The number of unbranched alkanes of at least 4 members (excludes halogenated alkanes) is 38. The number of amides is 1. The van der Waals surface area contributed by atoms with Crippen molar-refractivity contribution in [1.82, 2.24) is 5.32 Å². The first-order valence-corrected chi connectivity index (χ1v) is 26.5. The Morgan fingerprint density at radius 1 is 0.458 bits per heavy atom. The van der Waals surface area contributed by atoms with E-state index in [-0.39, 0.29) is 18.5 Å². The average molecular weight is 834 g/mol. The van der Waals surface area contributed by atoms with E-state index >= 15 is 0 Å². The molecule has 350 valence electrons. The maximum atomic E-state index is 12.4. The van der Waals surface area contributed by atoms with Crippen molar-refractivity contribution in [2.24, 2.45) is 0 Å².